The van der Waals surface area contributed by atoms with Gasteiger partial charge in [-0.2, -0.15) is 0 Å². The Labute approximate surface area is 162 Å². The molecular formula is C25H15ClO. The van der Waals surface area contributed by atoms with Crippen LogP contribution in [0.1, 0.15) is 16.7 Å². The summed E-state index contributed by atoms with van der Waals surface area (Å²) in [7, 11) is 0. The van der Waals surface area contributed by atoms with Gasteiger partial charge in [0.05, 0.1) is 0 Å². The van der Waals surface area contributed by atoms with Crippen LogP contribution < -0.4 is 4.74 Å². The maximum atomic E-state index is 6.86. The third-order valence-electron chi connectivity index (χ3n) is 5.70. The molecular weight excluding hydrogens is 352 g/mol. The van der Waals surface area contributed by atoms with Crippen molar-refractivity contribution < 1.29 is 4.74 Å². The molecule has 6 rings (SSSR count). The lowest BCUT2D eigenvalue weighted by molar-refractivity contribution is 0.157. The molecule has 4 aromatic carbocycles. The van der Waals surface area contributed by atoms with Crippen LogP contribution in [0.5, 0.6) is 5.75 Å². The number of fused-ring (bicyclic) bond motifs is 9. The molecule has 1 aliphatic carbocycles. The van der Waals surface area contributed by atoms with E-state index in [0.717, 1.165) is 27.5 Å². The third-order valence-corrected chi connectivity index (χ3v) is 5.94. The molecule has 0 radical (unpaired) electrons. The largest absolute Gasteiger partial charge is 0.472 e. The Kier molecular flexibility index (Phi) is 2.93. The van der Waals surface area contributed by atoms with Gasteiger partial charge >= 0.3 is 0 Å². The molecule has 0 aromatic heterocycles. The van der Waals surface area contributed by atoms with Crippen molar-refractivity contribution in [1.29, 1.82) is 0 Å². The van der Waals surface area contributed by atoms with Gasteiger partial charge in [0.15, 0.2) is 5.60 Å². The topological polar surface area (TPSA) is 9.23 Å². The first-order valence-corrected chi connectivity index (χ1v) is 9.45. The quantitative estimate of drug-likeness (QED) is 0.337. The molecule has 1 aliphatic heterocycles. The van der Waals surface area contributed by atoms with Gasteiger partial charge in [0.2, 0.25) is 0 Å². The van der Waals surface area contributed by atoms with Crippen LogP contribution in [0, 0.1) is 0 Å². The highest BCUT2D eigenvalue weighted by Gasteiger charge is 2.50. The van der Waals surface area contributed by atoms with Gasteiger partial charge in [-0.25, -0.2) is 0 Å². The second-order valence-corrected chi connectivity index (χ2v) is 7.50. The standard InChI is InChI=1S/C25H15ClO/c26-16-13-14-23-20(15-16)19-9-3-6-12-24(19)27-25(23)21-10-4-1-7-17(21)18-8-2-5-11-22(18)25/h1-15H. The lowest BCUT2D eigenvalue weighted by Gasteiger charge is -2.39. The summed E-state index contributed by atoms with van der Waals surface area (Å²) in [4.78, 5) is 0. The first kappa shape index (κ1) is 15.1. The average molecular weight is 367 g/mol. The van der Waals surface area contributed by atoms with Gasteiger partial charge in [-0.05, 0) is 34.9 Å². The van der Waals surface area contributed by atoms with E-state index >= 15 is 0 Å². The molecule has 0 N–H and O–H groups in total. The predicted molar refractivity (Wildman–Crippen MR) is 109 cm³/mol. The maximum absolute atomic E-state index is 6.86. The fourth-order valence-corrected chi connectivity index (χ4v) is 4.81. The van der Waals surface area contributed by atoms with Crippen molar-refractivity contribution in [2.24, 2.45) is 0 Å². The second-order valence-electron chi connectivity index (χ2n) is 7.06. The van der Waals surface area contributed by atoms with Crippen LogP contribution >= 0.6 is 11.6 Å². The van der Waals surface area contributed by atoms with Gasteiger partial charge in [0.25, 0.3) is 0 Å². The van der Waals surface area contributed by atoms with Crippen molar-refractivity contribution >= 4 is 11.6 Å². The fourth-order valence-electron chi connectivity index (χ4n) is 4.64. The zero-order valence-electron chi connectivity index (χ0n) is 14.4. The highest BCUT2D eigenvalue weighted by atomic mass is 35.5. The normalized spacial score (nSPS) is 14.7. The summed E-state index contributed by atoms with van der Waals surface area (Å²) in [5.41, 5.74) is 7.54. The van der Waals surface area contributed by atoms with E-state index in [1.54, 1.807) is 0 Å². The van der Waals surface area contributed by atoms with Crippen LogP contribution in [0.2, 0.25) is 5.02 Å². The SMILES string of the molecule is Clc1ccc2c(c1)-c1ccccc1OC21c2ccccc2-c2ccccc21. The Hall–Kier alpha value is -3.03. The Bertz CT molecular complexity index is 1180. The number of ether oxygens (including phenoxy) is 1. The summed E-state index contributed by atoms with van der Waals surface area (Å²) in [5.74, 6) is 0.888. The van der Waals surface area contributed by atoms with Crippen molar-refractivity contribution in [1.82, 2.24) is 0 Å². The maximum Gasteiger partial charge on any atom is 0.186 e. The number of benzene rings is 4. The molecule has 27 heavy (non-hydrogen) atoms. The number of hydrogen-bond acceptors (Lipinski definition) is 1. The minimum absolute atomic E-state index is 0.651. The Morgan fingerprint density at radius 2 is 1.11 bits per heavy atom. The summed E-state index contributed by atoms with van der Waals surface area (Å²) in [6.45, 7) is 0. The average Bonchev–Trinajstić information content (AvgIpc) is 2.99. The van der Waals surface area contributed by atoms with Crippen LogP contribution in [0.3, 0.4) is 0 Å². The predicted octanol–water partition coefficient (Wildman–Crippen LogP) is 6.67. The zero-order valence-corrected chi connectivity index (χ0v) is 15.2. The van der Waals surface area contributed by atoms with Crippen molar-refractivity contribution in [3.8, 4) is 28.0 Å². The lowest BCUT2D eigenvalue weighted by atomic mass is 9.78. The molecule has 0 saturated heterocycles. The van der Waals surface area contributed by atoms with E-state index in [9.17, 15) is 0 Å². The number of halogens is 1. The first-order valence-electron chi connectivity index (χ1n) is 9.07. The monoisotopic (exact) mass is 366 g/mol. The molecule has 1 nitrogen and oxygen atoms in total. The van der Waals surface area contributed by atoms with Gasteiger partial charge < -0.3 is 4.74 Å². The molecule has 0 atom stereocenters. The summed E-state index contributed by atoms with van der Waals surface area (Å²) >= 11 is 6.40. The van der Waals surface area contributed by atoms with E-state index in [-0.39, 0.29) is 0 Å². The number of hydrogen-bond donors (Lipinski definition) is 0. The minimum atomic E-state index is -0.651. The number of rotatable bonds is 0. The zero-order chi connectivity index (χ0) is 18.0. The van der Waals surface area contributed by atoms with Crippen LogP contribution in [-0.4, -0.2) is 0 Å². The van der Waals surface area contributed by atoms with Crippen molar-refractivity contribution in [3.05, 3.63) is 113 Å². The Morgan fingerprint density at radius 1 is 0.556 bits per heavy atom. The van der Waals surface area contributed by atoms with E-state index in [2.05, 4.69) is 66.7 Å². The molecule has 0 bridgehead atoms. The van der Waals surface area contributed by atoms with E-state index in [1.807, 2.05) is 24.3 Å². The van der Waals surface area contributed by atoms with Gasteiger partial charge in [-0.3, -0.25) is 0 Å². The van der Waals surface area contributed by atoms with Crippen LogP contribution in [-0.2, 0) is 5.60 Å². The van der Waals surface area contributed by atoms with Crippen LogP contribution in [0.15, 0.2) is 91.0 Å². The van der Waals surface area contributed by atoms with E-state index in [1.165, 1.54) is 22.3 Å². The van der Waals surface area contributed by atoms with Crippen LogP contribution in [0.25, 0.3) is 22.3 Å². The summed E-state index contributed by atoms with van der Waals surface area (Å²) in [5, 5.41) is 0.736. The molecule has 0 fully saturated rings. The van der Waals surface area contributed by atoms with Gasteiger partial charge in [-0.1, -0.05) is 84.4 Å². The van der Waals surface area contributed by atoms with E-state index in [4.69, 9.17) is 16.3 Å². The smallest absolute Gasteiger partial charge is 0.186 e. The fraction of sp³-hybridized carbons (Fsp3) is 0.0400. The molecule has 1 spiro atoms. The highest BCUT2D eigenvalue weighted by molar-refractivity contribution is 6.31. The van der Waals surface area contributed by atoms with Gasteiger partial charge in [0, 0.05) is 27.3 Å². The van der Waals surface area contributed by atoms with Crippen molar-refractivity contribution in [2.45, 2.75) is 5.60 Å². The molecule has 0 amide bonds. The van der Waals surface area contributed by atoms with Crippen molar-refractivity contribution in [3.63, 3.8) is 0 Å². The Morgan fingerprint density at radius 3 is 1.81 bits per heavy atom. The highest BCUT2D eigenvalue weighted by Crippen LogP contribution is 2.58. The minimum Gasteiger partial charge on any atom is -0.472 e. The molecule has 0 unspecified atom stereocenters. The molecule has 4 aromatic rings. The lowest BCUT2D eigenvalue weighted by Crippen LogP contribution is -2.36. The third kappa shape index (κ3) is 1.85. The molecule has 2 aliphatic rings. The molecule has 128 valence electrons. The molecule has 1 heterocycles. The number of para-hydroxylation sites is 1. The molecule has 2 heteroatoms. The summed E-state index contributed by atoms with van der Waals surface area (Å²) < 4.78 is 6.86. The Balaban J connectivity index is 1.79. The second kappa shape index (κ2) is 5.25. The van der Waals surface area contributed by atoms with Crippen LogP contribution in [0.4, 0.5) is 0 Å². The summed E-state index contributed by atoms with van der Waals surface area (Å²) in [6, 6.07) is 31.4. The van der Waals surface area contributed by atoms with E-state index < -0.39 is 5.60 Å². The van der Waals surface area contributed by atoms with Crippen molar-refractivity contribution in [2.75, 3.05) is 0 Å². The first-order chi connectivity index (χ1) is 13.3. The summed E-state index contributed by atoms with van der Waals surface area (Å²) in [6.07, 6.45) is 0. The van der Waals surface area contributed by atoms with Gasteiger partial charge in [-0.15, -0.1) is 0 Å². The van der Waals surface area contributed by atoms with Gasteiger partial charge in [0.1, 0.15) is 5.75 Å². The molecule has 0 saturated carbocycles. The van der Waals surface area contributed by atoms with E-state index in [0.29, 0.717) is 0 Å².